The van der Waals surface area contributed by atoms with E-state index in [1.807, 2.05) is 6.92 Å². The van der Waals surface area contributed by atoms with Crippen LogP contribution in [0.3, 0.4) is 0 Å². The largest absolute Gasteiger partial charge is 0.397 e. The Balaban J connectivity index is 2.27. The van der Waals surface area contributed by atoms with Crippen molar-refractivity contribution in [3.63, 3.8) is 0 Å². The molecular formula is C13H12ClN3O. The van der Waals surface area contributed by atoms with Gasteiger partial charge in [-0.1, -0.05) is 17.7 Å². The summed E-state index contributed by atoms with van der Waals surface area (Å²) in [6.07, 6.45) is 2.97. The second-order valence-electron chi connectivity index (χ2n) is 3.83. The molecule has 0 saturated heterocycles. The molecule has 18 heavy (non-hydrogen) atoms. The predicted molar refractivity (Wildman–Crippen MR) is 72.8 cm³/mol. The molecule has 0 spiro atoms. The van der Waals surface area contributed by atoms with Gasteiger partial charge in [0.25, 0.3) is 5.91 Å². The van der Waals surface area contributed by atoms with Crippen LogP contribution in [0.15, 0.2) is 36.7 Å². The molecule has 1 heterocycles. The number of pyridine rings is 1. The fourth-order valence-corrected chi connectivity index (χ4v) is 1.72. The minimum absolute atomic E-state index is 0.278. The molecule has 0 aliphatic carbocycles. The van der Waals surface area contributed by atoms with Crippen LogP contribution < -0.4 is 11.1 Å². The van der Waals surface area contributed by atoms with Crippen LogP contribution in [0.5, 0.6) is 0 Å². The molecule has 0 aliphatic rings. The van der Waals surface area contributed by atoms with Crippen molar-refractivity contribution in [3.05, 3.63) is 52.8 Å². The van der Waals surface area contributed by atoms with E-state index in [4.69, 9.17) is 17.3 Å². The van der Waals surface area contributed by atoms with Gasteiger partial charge in [0.05, 0.1) is 17.4 Å². The number of carbonyl (C=O) groups excluding carboxylic acids is 1. The number of nitrogens with one attached hydrogen (secondary N) is 1. The lowest BCUT2D eigenvalue weighted by Crippen LogP contribution is -2.14. The van der Waals surface area contributed by atoms with Crippen LogP contribution in [-0.2, 0) is 0 Å². The number of anilines is 2. The van der Waals surface area contributed by atoms with E-state index in [2.05, 4.69) is 10.3 Å². The summed E-state index contributed by atoms with van der Waals surface area (Å²) < 4.78 is 0. The van der Waals surface area contributed by atoms with Crippen molar-refractivity contribution in [1.82, 2.24) is 4.98 Å². The molecule has 0 aliphatic heterocycles. The number of hydrogen-bond acceptors (Lipinski definition) is 3. The minimum atomic E-state index is -0.278. The Morgan fingerprint density at radius 3 is 2.89 bits per heavy atom. The van der Waals surface area contributed by atoms with Crippen LogP contribution in [0.1, 0.15) is 15.9 Å². The maximum Gasteiger partial charge on any atom is 0.257 e. The number of amides is 1. The Bertz CT molecular complexity index is 599. The summed E-state index contributed by atoms with van der Waals surface area (Å²) in [7, 11) is 0. The smallest absolute Gasteiger partial charge is 0.257 e. The van der Waals surface area contributed by atoms with E-state index >= 15 is 0 Å². The molecule has 2 rings (SSSR count). The lowest BCUT2D eigenvalue weighted by atomic mass is 10.1. The highest BCUT2D eigenvalue weighted by Gasteiger charge is 2.11. The number of nitrogens with zero attached hydrogens (tertiary/aromatic N) is 1. The standard InChI is InChI=1S/C13H12ClN3O/c1-8-10(14)3-2-4-12(8)17-13(18)9-5-6-16-7-11(9)15/h2-7H,15H2,1H3,(H,17,18). The van der Waals surface area contributed by atoms with Crippen LogP contribution in [0, 0.1) is 6.92 Å². The summed E-state index contributed by atoms with van der Waals surface area (Å²) in [4.78, 5) is 15.9. The van der Waals surface area contributed by atoms with E-state index in [-0.39, 0.29) is 5.91 Å². The summed E-state index contributed by atoms with van der Waals surface area (Å²) >= 11 is 5.99. The summed E-state index contributed by atoms with van der Waals surface area (Å²) in [6.45, 7) is 1.84. The van der Waals surface area contributed by atoms with E-state index in [9.17, 15) is 4.79 Å². The first kappa shape index (κ1) is 12.4. The Labute approximate surface area is 110 Å². The zero-order valence-corrected chi connectivity index (χ0v) is 10.5. The second-order valence-corrected chi connectivity index (χ2v) is 4.24. The van der Waals surface area contributed by atoms with Crippen LogP contribution >= 0.6 is 11.6 Å². The van der Waals surface area contributed by atoms with E-state index in [0.29, 0.717) is 22.0 Å². The van der Waals surface area contributed by atoms with E-state index in [1.165, 1.54) is 12.4 Å². The number of rotatable bonds is 2. The van der Waals surface area contributed by atoms with Crippen molar-refractivity contribution in [1.29, 1.82) is 0 Å². The van der Waals surface area contributed by atoms with Crippen molar-refractivity contribution in [2.75, 3.05) is 11.1 Å². The minimum Gasteiger partial charge on any atom is -0.397 e. The van der Waals surface area contributed by atoms with Gasteiger partial charge >= 0.3 is 0 Å². The van der Waals surface area contributed by atoms with Crippen molar-refractivity contribution < 1.29 is 4.79 Å². The number of carbonyl (C=O) groups is 1. The third kappa shape index (κ3) is 2.43. The zero-order chi connectivity index (χ0) is 13.1. The maximum absolute atomic E-state index is 12.0. The monoisotopic (exact) mass is 261 g/mol. The quantitative estimate of drug-likeness (QED) is 0.873. The Kier molecular flexibility index (Phi) is 3.48. The van der Waals surface area contributed by atoms with E-state index in [1.54, 1.807) is 24.3 Å². The number of benzene rings is 1. The molecule has 0 fully saturated rings. The number of halogens is 1. The van der Waals surface area contributed by atoms with Crippen LogP contribution in [0.4, 0.5) is 11.4 Å². The topological polar surface area (TPSA) is 68.0 Å². The molecule has 0 saturated carbocycles. The third-order valence-electron chi connectivity index (χ3n) is 2.61. The molecule has 4 nitrogen and oxygen atoms in total. The average Bonchev–Trinajstić information content (AvgIpc) is 2.35. The lowest BCUT2D eigenvalue weighted by molar-refractivity contribution is 0.102. The highest BCUT2D eigenvalue weighted by Crippen LogP contribution is 2.23. The van der Waals surface area contributed by atoms with Crippen molar-refractivity contribution in [2.24, 2.45) is 0 Å². The molecule has 0 bridgehead atoms. The summed E-state index contributed by atoms with van der Waals surface area (Å²) in [6, 6.07) is 6.91. The Morgan fingerprint density at radius 2 is 2.17 bits per heavy atom. The van der Waals surface area contributed by atoms with E-state index < -0.39 is 0 Å². The SMILES string of the molecule is Cc1c(Cl)cccc1NC(=O)c1ccncc1N. The first-order chi connectivity index (χ1) is 8.59. The van der Waals surface area contributed by atoms with Crippen molar-refractivity contribution >= 4 is 28.9 Å². The fourth-order valence-electron chi connectivity index (χ4n) is 1.55. The molecule has 0 atom stereocenters. The molecule has 3 N–H and O–H groups in total. The average molecular weight is 262 g/mol. The third-order valence-corrected chi connectivity index (χ3v) is 3.02. The lowest BCUT2D eigenvalue weighted by Gasteiger charge is -2.10. The normalized spacial score (nSPS) is 10.1. The van der Waals surface area contributed by atoms with Crippen molar-refractivity contribution in [3.8, 4) is 0 Å². The maximum atomic E-state index is 12.0. The number of nitrogen functional groups attached to an aromatic ring is 1. The van der Waals surface area contributed by atoms with Gasteiger partial charge in [-0.2, -0.15) is 0 Å². The van der Waals surface area contributed by atoms with Gasteiger partial charge in [-0.05, 0) is 30.7 Å². The molecule has 2 aromatic rings. The molecule has 1 aromatic heterocycles. The zero-order valence-electron chi connectivity index (χ0n) is 9.77. The molecule has 1 aromatic carbocycles. The van der Waals surface area contributed by atoms with E-state index in [0.717, 1.165) is 5.56 Å². The van der Waals surface area contributed by atoms with Gasteiger partial charge in [-0.3, -0.25) is 9.78 Å². The molecule has 92 valence electrons. The summed E-state index contributed by atoms with van der Waals surface area (Å²) in [5, 5.41) is 3.38. The summed E-state index contributed by atoms with van der Waals surface area (Å²) in [5.74, 6) is -0.278. The highest BCUT2D eigenvalue weighted by molar-refractivity contribution is 6.31. The number of nitrogens with two attached hydrogens (primary N) is 1. The predicted octanol–water partition coefficient (Wildman–Crippen LogP) is 2.88. The van der Waals surface area contributed by atoms with Crippen LogP contribution in [0.2, 0.25) is 5.02 Å². The second kappa shape index (κ2) is 5.06. The van der Waals surface area contributed by atoms with Gasteiger partial charge in [-0.25, -0.2) is 0 Å². The molecule has 1 amide bonds. The van der Waals surface area contributed by atoms with Gasteiger partial charge in [0.1, 0.15) is 0 Å². The summed E-state index contributed by atoms with van der Waals surface area (Å²) in [5.41, 5.74) is 7.92. The van der Waals surface area contributed by atoms with Gasteiger partial charge < -0.3 is 11.1 Å². The van der Waals surface area contributed by atoms with Gasteiger partial charge in [0.2, 0.25) is 0 Å². The molecule has 0 unspecified atom stereocenters. The van der Waals surface area contributed by atoms with Crippen LogP contribution in [0.25, 0.3) is 0 Å². The number of aromatic nitrogens is 1. The van der Waals surface area contributed by atoms with Crippen molar-refractivity contribution in [2.45, 2.75) is 6.92 Å². The first-order valence-corrected chi connectivity index (χ1v) is 5.73. The molecular weight excluding hydrogens is 250 g/mol. The Morgan fingerprint density at radius 1 is 1.39 bits per heavy atom. The first-order valence-electron chi connectivity index (χ1n) is 5.35. The van der Waals surface area contributed by atoms with Gasteiger partial charge in [0.15, 0.2) is 0 Å². The number of hydrogen-bond donors (Lipinski definition) is 2. The fraction of sp³-hybridized carbons (Fsp3) is 0.0769. The Hall–Kier alpha value is -2.07. The molecule has 0 radical (unpaired) electrons. The highest BCUT2D eigenvalue weighted by atomic mass is 35.5. The van der Waals surface area contributed by atoms with Gasteiger partial charge in [-0.15, -0.1) is 0 Å². The van der Waals surface area contributed by atoms with Gasteiger partial charge in [0, 0.05) is 16.9 Å². The van der Waals surface area contributed by atoms with Crippen LogP contribution in [-0.4, -0.2) is 10.9 Å². The molecule has 5 heteroatoms.